The smallest absolute Gasteiger partial charge is 0.338 e. The van der Waals surface area contributed by atoms with Gasteiger partial charge in [0, 0.05) is 10.2 Å². The van der Waals surface area contributed by atoms with Crippen LogP contribution in [0.15, 0.2) is 52.7 Å². The molecule has 1 atom stereocenters. The molecule has 0 spiro atoms. The molecule has 2 rings (SSSR count). The van der Waals surface area contributed by atoms with Gasteiger partial charge in [-0.25, -0.2) is 9.59 Å². The highest BCUT2D eigenvalue weighted by atomic mass is 79.9. The van der Waals surface area contributed by atoms with Gasteiger partial charge in [0.15, 0.2) is 0 Å². The second-order valence-electron chi connectivity index (χ2n) is 4.51. The molecular formula is C15H15BrN2O3. The maximum Gasteiger partial charge on any atom is 0.338 e. The van der Waals surface area contributed by atoms with Gasteiger partial charge in [0.05, 0.1) is 11.6 Å². The van der Waals surface area contributed by atoms with E-state index < -0.39 is 12.0 Å². The number of carbonyl (C=O) groups excluding carboxylic acids is 2. The minimum Gasteiger partial charge on any atom is -0.458 e. The lowest BCUT2D eigenvalue weighted by atomic mass is 9.96. The van der Waals surface area contributed by atoms with E-state index in [1.165, 1.54) is 6.08 Å². The predicted octanol–water partition coefficient (Wildman–Crippen LogP) is 2.81. The van der Waals surface area contributed by atoms with Gasteiger partial charge in [0.25, 0.3) is 0 Å². The molecule has 1 unspecified atom stereocenters. The summed E-state index contributed by atoms with van der Waals surface area (Å²) in [6.07, 6.45) is 1.50. The second kappa shape index (κ2) is 6.58. The van der Waals surface area contributed by atoms with Crippen LogP contribution in [0.5, 0.6) is 0 Å². The van der Waals surface area contributed by atoms with Crippen molar-refractivity contribution in [1.29, 1.82) is 0 Å². The van der Waals surface area contributed by atoms with E-state index in [2.05, 4.69) is 33.1 Å². The third-order valence-electron chi connectivity index (χ3n) is 3.00. The van der Waals surface area contributed by atoms with Crippen LogP contribution in [0.2, 0.25) is 0 Å². The van der Waals surface area contributed by atoms with E-state index in [-0.39, 0.29) is 12.6 Å². The zero-order valence-electron chi connectivity index (χ0n) is 11.5. The molecule has 1 heterocycles. The number of urea groups is 1. The Hall–Kier alpha value is -2.08. The normalized spacial score (nSPS) is 17.8. The average Bonchev–Trinajstić information content (AvgIpc) is 2.44. The molecule has 0 saturated carbocycles. The first kappa shape index (κ1) is 15.3. The van der Waals surface area contributed by atoms with Crippen LogP contribution in [-0.2, 0) is 9.53 Å². The minimum atomic E-state index is -0.548. The van der Waals surface area contributed by atoms with Crippen molar-refractivity contribution in [3.63, 3.8) is 0 Å². The van der Waals surface area contributed by atoms with Gasteiger partial charge in [-0.05, 0) is 24.6 Å². The highest BCUT2D eigenvalue weighted by Gasteiger charge is 2.32. The standard InChI is InChI=1S/C15H15BrN2O3/c1-3-7-21-14(19)12-9(2)17-15(20)18-13(12)10-5-4-6-11(16)8-10/h3-6,8,13H,1,7H2,2H3,(H2,17,18,20). The number of hydrogen-bond acceptors (Lipinski definition) is 3. The van der Waals surface area contributed by atoms with E-state index in [9.17, 15) is 9.59 Å². The SMILES string of the molecule is C=CCOC(=O)C1=C(C)NC(=O)NC1c1cccc(Br)c1. The fraction of sp³-hybridized carbons (Fsp3) is 0.200. The lowest BCUT2D eigenvalue weighted by Gasteiger charge is -2.28. The Kier molecular flexibility index (Phi) is 4.80. The minimum absolute atomic E-state index is 0.120. The Morgan fingerprint density at radius 2 is 2.29 bits per heavy atom. The number of allylic oxidation sites excluding steroid dienone is 1. The highest BCUT2D eigenvalue weighted by Crippen LogP contribution is 2.29. The Balaban J connectivity index is 2.40. The lowest BCUT2D eigenvalue weighted by Crippen LogP contribution is -2.45. The molecule has 5 nitrogen and oxygen atoms in total. The summed E-state index contributed by atoms with van der Waals surface area (Å²) in [6.45, 7) is 5.31. The molecule has 0 bridgehead atoms. The van der Waals surface area contributed by atoms with Gasteiger partial charge in [-0.2, -0.15) is 0 Å². The van der Waals surface area contributed by atoms with Crippen molar-refractivity contribution in [3.05, 3.63) is 58.2 Å². The number of benzene rings is 1. The summed E-state index contributed by atoms with van der Waals surface area (Å²) in [5.74, 6) is -0.482. The highest BCUT2D eigenvalue weighted by molar-refractivity contribution is 9.10. The van der Waals surface area contributed by atoms with Crippen LogP contribution < -0.4 is 10.6 Å². The fourth-order valence-corrected chi connectivity index (χ4v) is 2.53. The Labute approximate surface area is 131 Å². The van der Waals surface area contributed by atoms with Gasteiger partial charge in [-0.15, -0.1) is 0 Å². The van der Waals surface area contributed by atoms with E-state index in [1.54, 1.807) is 6.92 Å². The van der Waals surface area contributed by atoms with Gasteiger partial charge in [0.2, 0.25) is 0 Å². The van der Waals surface area contributed by atoms with Crippen molar-refractivity contribution < 1.29 is 14.3 Å². The molecular weight excluding hydrogens is 336 g/mol. The molecule has 1 aromatic rings. The molecule has 0 aliphatic carbocycles. The number of carbonyl (C=O) groups is 2. The summed E-state index contributed by atoms with van der Waals surface area (Å²) in [5, 5.41) is 5.33. The summed E-state index contributed by atoms with van der Waals surface area (Å²) in [7, 11) is 0. The second-order valence-corrected chi connectivity index (χ2v) is 5.43. The van der Waals surface area contributed by atoms with Gasteiger partial charge in [0.1, 0.15) is 6.61 Å². The maximum absolute atomic E-state index is 12.2. The van der Waals surface area contributed by atoms with Gasteiger partial charge in [-0.1, -0.05) is 40.7 Å². The molecule has 6 heteroatoms. The first-order valence-corrected chi connectivity index (χ1v) is 7.14. The van der Waals surface area contributed by atoms with E-state index in [4.69, 9.17) is 4.74 Å². The number of rotatable bonds is 4. The third kappa shape index (κ3) is 3.52. The van der Waals surface area contributed by atoms with Crippen LogP contribution in [0, 0.1) is 0 Å². The summed E-state index contributed by atoms with van der Waals surface area (Å²) < 4.78 is 5.97. The number of halogens is 1. The first-order valence-electron chi connectivity index (χ1n) is 6.34. The van der Waals surface area contributed by atoms with Crippen molar-refractivity contribution >= 4 is 27.9 Å². The first-order chi connectivity index (χ1) is 10.0. The van der Waals surface area contributed by atoms with Crippen molar-refractivity contribution in [3.8, 4) is 0 Å². The average molecular weight is 351 g/mol. The van der Waals surface area contributed by atoms with Crippen LogP contribution >= 0.6 is 15.9 Å². The molecule has 0 aromatic heterocycles. The Bertz CT molecular complexity index is 625. The van der Waals surface area contributed by atoms with Crippen LogP contribution in [0.4, 0.5) is 4.79 Å². The van der Waals surface area contributed by atoms with E-state index in [0.29, 0.717) is 11.3 Å². The van der Waals surface area contributed by atoms with E-state index >= 15 is 0 Å². The summed E-state index contributed by atoms with van der Waals surface area (Å²) in [6, 6.07) is 6.51. The van der Waals surface area contributed by atoms with E-state index in [0.717, 1.165) is 10.0 Å². The number of hydrogen-bond donors (Lipinski definition) is 2. The summed E-state index contributed by atoms with van der Waals surface area (Å²) in [5.41, 5.74) is 1.66. The third-order valence-corrected chi connectivity index (χ3v) is 3.50. The van der Waals surface area contributed by atoms with Crippen LogP contribution in [0.1, 0.15) is 18.5 Å². The topological polar surface area (TPSA) is 67.4 Å². The molecule has 0 radical (unpaired) electrons. The van der Waals surface area contributed by atoms with Gasteiger partial charge >= 0.3 is 12.0 Å². The lowest BCUT2D eigenvalue weighted by molar-refractivity contribution is -0.138. The van der Waals surface area contributed by atoms with Crippen molar-refractivity contribution in [2.45, 2.75) is 13.0 Å². The molecule has 0 fully saturated rings. The molecule has 2 amide bonds. The van der Waals surface area contributed by atoms with Crippen molar-refractivity contribution in [2.75, 3.05) is 6.61 Å². The summed E-state index contributed by atoms with van der Waals surface area (Å²) in [4.78, 5) is 23.9. The van der Waals surface area contributed by atoms with E-state index in [1.807, 2.05) is 24.3 Å². The van der Waals surface area contributed by atoms with Crippen LogP contribution in [0.25, 0.3) is 0 Å². The summed E-state index contributed by atoms with van der Waals surface area (Å²) >= 11 is 3.38. The molecule has 1 aromatic carbocycles. The molecule has 21 heavy (non-hydrogen) atoms. The number of amides is 2. The van der Waals surface area contributed by atoms with Gasteiger partial charge < -0.3 is 15.4 Å². The number of esters is 1. The quantitative estimate of drug-likeness (QED) is 0.648. The fourth-order valence-electron chi connectivity index (χ4n) is 2.11. The Morgan fingerprint density at radius 1 is 1.52 bits per heavy atom. The van der Waals surface area contributed by atoms with Crippen molar-refractivity contribution in [1.82, 2.24) is 10.6 Å². The molecule has 1 aliphatic heterocycles. The zero-order chi connectivity index (χ0) is 15.4. The number of nitrogens with one attached hydrogen (secondary N) is 2. The maximum atomic E-state index is 12.2. The zero-order valence-corrected chi connectivity index (χ0v) is 13.1. The largest absolute Gasteiger partial charge is 0.458 e. The van der Waals surface area contributed by atoms with Crippen molar-refractivity contribution in [2.24, 2.45) is 0 Å². The number of ether oxygens (including phenoxy) is 1. The monoisotopic (exact) mass is 350 g/mol. The molecule has 0 saturated heterocycles. The predicted molar refractivity (Wildman–Crippen MR) is 82.4 cm³/mol. The Morgan fingerprint density at radius 3 is 2.95 bits per heavy atom. The van der Waals surface area contributed by atoms with Gasteiger partial charge in [-0.3, -0.25) is 0 Å². The van der Waals surface area contributed by atoms with Crippen LogP contribution in [0.3, 0.4) is 0 Å². The molecule has 110 valence electrons. The molecule has 1 aliphatic rings. The van der Waals surface area contributed by atoms with Crippen LogP contribution in [-0.4, -0.2) is 18.6 Å². The molecule has 2 N–H and O–H groups in total.